The standard InChI is InChI=1S/C13H17NO2/c14-13-4-1-9-7-10(2-3-12(9)13)16-11-5-6-15-8-11/h2-3,7,11,13H,1,4-6,8,14H2/t11?,13-/m0/s1. The highest BCUT2D eigenvalue weighted by Gasteiger charge is 2.21. The molecule has 2 N–H and O–H groups in total. The number of fused-ring (bicyclic) bond motifs is 1. The first-order valence-electron chi connectivity index (χ1n) is 5.96. The van der Waals surface area contributed by atoms with Crippen LogP contribution in [-0.4, -0.2) is 19.3 Å². The molecule has 0 aromatic heterocycles. The number of hydrogen-bond donors (Lipinski definition) is 1. The van der Waals surface area contributed by atoms with E-state index < -0.39 is 0 Å². The van der Waals surface area contributed by atoms with Gasteiger partial charge in [0.1, 0.15) is 11.9 Å². The van der Waals surface area contributed by atoms with Crippen molar-refractivity contribution >= 4 is 0 Å². The van der Waals surface area contributed by atoms with Crippen molar-refractivity contribution in [1.82, 2.24) is 0 Å². The average molecular weight is 219 g/mol. The largest absolute Gasteiger partial charge is 0.488 e. The fourth-order valence-corrected chi connectivity index (χ4v) is 2.50. The van der Waals surface area contributed by atoms with Crippen LogP contribution in [0.4, 0.5) is 0 Å². The smallest absolute Gasteiger partial charge is 0.124 e. The lowest BCUT2D eigenvalue weighted by Gasteiger charge is -2.13. The van der Waals surface area contributed by atoms with Crippen LogP contribution >= 0.6 is 0 Å². The van der Waals surface area contributed by atoms with Crippen LogP contribution in [0.3, 0.4) is 0 Å². The molecule has 1 heterocycles. The summed E-state index contributed by atoms with van der Waals surface area (Å²) in [5, 5.41) is 0. The van der Waals surface area contributed by atoms with Crippen molar-refractivity contribution in [2.24, 2.45) is 5.73 Å². The van der Waals surface area contributed by atoms with Crippen LogP contribution in [0.1, 0.15) is 30.0 Å². The molecule has 86 valence electrons. The summed E-state index contributed by atoms with van der Waals surface area (Å²) in [6, 6.07) is 6.50. The lowest BCUT2D eigenvalue weighted by molar-refractivity contribution is 0.141. The van der Waals surface area contributed by atoms with Crippen LogP contribution in [0.15, 0.2) is 18.2 Å². The summed E-state index contributed by atoms with van der Waals surface area (Å²) < 4.78 is 11.2. The summed E-state index contributed by atoms with van der Waals surface area (Å²) in [5.41, 5.74) is 8.64. The number of ether oxygens (including phenoxy) is 2. The summed E-state index contributed by atoms with van der Waals surface area (Å²) in [6.45, 7) is 1.54. The van der Waals surface area contributed by atoms with Crippen molar-refractivity contribution in [3.8, 4) is 5.75 Å². The highest BCUT2D eigenvalue weighted by atomic mass is 16.5. The maximum Gasteiger partial charge on any atom is 0.124 e. The van der Waals surface area contributed by atoms with Crippen LogP contribution < -0.4 is 10.5 Å². The Morgan fingerprint density at radius 2 is 2.25 bits per heavy atom. The normalized spacial score (nSPS) is 28.1. The Morgan fingerprint density at radius 3 is 3.06 bits per heavy atom. The predicted molar refractivity (Wildman–Crippen MR) is 61.5 cm³/mol. The molecular weight excluding hydrogens is 202 g/mol. The molecule has 0 spiro atoms. The zero-order valence-corrected chi connectivity index (χ0v) is 9.32. The van der Waals surface area contributed by atoms with E-state index in [1.807, 2.05) is 6.07 Å². The minimum absolute atomic E-state index is 0.221. The van der Waals surface area contributed by atoms with Gasteiger partial charge in [0.25, 0.3) is 0 Å². The van der Waals surface area contributed by atoms with Crippen molar-refractivity contribution in [2.45, 2.75) is 31.4 Å². The van der Waals surface area contributed by atoms with Gasteiger partial charge in [0.05, 0.1) is 13.2 Å². The first kappa shape index (κ1) is 10.1. The monoisotopic (exact) mass is 219 g/mol. The third-order valence-electron chi connectivity index (χ3n) is 3.43. The Balaban J connectivity index is 1.76. The summed E-state index contributed by atoms with van der Waals surface area (Å²) in [4.78, 5) is 0. The topological polar surface area (TPSA) is 44.5 Å². The Bertz CT molecular complexity index is 386. The van der Waals surface area contributed by atoms with Gasteiger partial charge in [-0.05, 0) is 36.1 Å². The van der Waals surface area contributed by atoms with E-state index >= 15 is 0 Å². The molecule has 0 bridgehead atoms. The molecule has 1 aliphatic carbocycles. The maximum absolute atomic E-state index is 6.00. The van der Waals surface area contributed by atoms with Crippen LogP contribution in [0, 0.1) is 0 Å². The fourth-order valence-electron chi connectivity index (χ4n) is 2.50. The molecule has 1 aromatic rings. The molecule has 16 heavy (non-hydrogen) atoms. The van der Waals surface area contributed by atoms with Gasteiger partial charge in [-0.15, -0.1) is 0 Å². The van der Waals surface area contributed by atoms with E-state index in [0.717, 1.165) is 38.2 Å². The summed E-state index contributed by atoms with van der Waals surface area (Å²) >= 11 is 0. The molecule has 2 aliphatic rings. The SMILES string of the molecule is N[C@H]1CCc2cc(OC3CCOC3)ccc21. The molecule has 1 unspecified atom stereocenters. The molecule has 3 rings (SSSR count). The van der Waals surface area contributed by atoms with Crippen molar-refractivity contribution in [3.05, 3.63) is 29.3 Å². The lowest BCUT2D eigenvalue weighted by Crippen LogP contribution is -2.15. The van der Waals surface area contributed by atoms with E-state index in [9.17, 15) is 0 Å². The summed E-state index contributed by atoms with van der Waals surface area (Å²) in [6.07, 6.45) is 3.37. The van der Waals surface area contributed by atoms with Gasteiger partial charge in [0.2, 0.25) is 0 Å². The van der Waals surface area contributed by atoms with Crippen molar-refractivity contribution in [3.63, 3.8) is 0 Å². The van der Waals surface area contributed by atoms with E-state index in [-0.39, 0.29) is 12.1 Å². The Morgan fingerprint density at radius 1 is 1.31 bits per heavy atom. The Labute approximate surface area is 95.5 Å². The van der Waals surface area contributed by atoms with E-state index in [4.69, 9.17) is 15.2 Å². The first-order valence-corrected chi connectivity index (χ1v) is 5.96. The highest BCUT2D eigenvalue weighted by Crippen LogP contribution is 2.32. The third kappa shape index (κ3) is 1.81. The van der Waals surface area contributed by atoms with Crippen LogP contribution in [-0.2, 0) is 11.2 Å². The van der Waals surface area contributed by atoms with E-state index in [1.54, 1.807) is 0 Å². The summed E-state index contributed by atoms with van der Waals surface area (Å²) in [5.74, 6) is 0.961. The zero-order chi connectivity index (χ0) is 11.0. The molecule has 1 saturated heterocycles. The van der Waals surface area contributed by atoms with E-state index in [2.05, 4.69) is 12.1 Å². The minimum Gasteiger partial charge on any atom is -0.488 e. The number of aryl methyl sites for hydroxylation is 1. The Hall–Kier alpha value is -1.06. The van der Waals surface area contributed by atoms with Gasteiger partial charge < -0.3 is 15.2 Å². The summed E-state index contributed by atoms with van der Waals surface area (Å²) in [7, 11) is 0. The van der Waals surface area contributed by atoms with Crippen LogP contribution in [0.2, 0.25) is 0 Å². The Kier molecular flexibility index (Phi) is 2.58. The van der Waals surface area contributed by atoms with Crippen LogP contribution in [0.25, 0.3) is 0 Å². The van der Waals surface area contributed by atoms with Gasteiger partial charge in [-0.2, -0.15) is 0 Å². The number of rotatable bonds is 2. The lowest BCUT2D eigenvalue weighted by atomic mass is 10.1. The van der Waals surface area contributed by atoms with E-state index in [0.29, 0.717) is 0 Å². The van der Waals surface area contributed by atoms with Crippen molar-refractivity contribution in [2.75, 3.05) is 13.2 Å². The van der Waals surface area contributed by atoms with Crippen molar-refractivity contribution < 1.29 is 9.47 Å². The second-order valence-electron chi connectivity index (χ2n) is 4.61. The van der Waals surface area contributed by atoms with Gasteiger partial charge in [-0.1, -0.05) is 6.07 Å². The van der Waals surface area contributed by atoms with Gasteiger partial charge in [0, 0.05) is 12.5 Å². The quantitative estimate of drug-likeness (QED) is 0.825. The number of hydrogen-bond acceptors (Lipinski definition) is 3. The average Bonchev–Trinajstić information content (AvgIpc) is 2.90. The maximum atomic E-state index is 6.00. The second kappa shape index (κ2) is 4.07. The van der Waals surface area contributed by atoms with Crippen LogP contribution in [0.5, 0.6) is 5.75 Å². The molecule has 0 saturated carbocycles. The fraction of sp³-hybridized carbons (Fsp3) is 0.538. The number of nitrogens with two attached hydrogens (primary N) is 1. The zero-order valence-electron chi connectivity index (χ0n) is 9.32. The third-order valence-corrected chi connectivity index (χ3v) is 3.43. The van der Waals surface area contributed by atoms with E-state index in [1.165, 1.54) is 11.1 Å². The molecular formula is C13H17NO2. The molecule has 2 atom stereocenters. The van der Waals surface area contributed by atoms with Gasteiger partial charge in [-0.3, -0.25) is 0 Å². The van der Waals surface area contributed by atoms with Gasteiger partial charge >= 0.3 is 0 Å². The molecule has 1 fully saturated rings. The first-order chi connectivity index (χ1) is 7.83. The second-order valence-corrected chi connectivity index (χ2v) is 4.61. The predicted octanol–water partition coefficient (Wildman–Crippen LogP) is 1.80. The highest BCUT2D eigenvalue weighted by molar-refractivity contribution is 5.40. The molecule has 1 aliphatic heterocycles. The number of benzene rings is 1. The van der Waals surface area contributed by atoms with Gasteiger partial charge in [0.15, 0.2) is 0 Å². The molecule has 3 nitrogen and oxygen atoms in total. The molecule has 0 radical (unpaired) electrons. The van der Waals surface area contributed by atoms with Crippen molar-refractivity contribution in [1.29, 1.82) is 0 Å². The molecule has 3 heteroatoms. The molecule has 1 aromatic carbocycles. The molecule has 0 amide bonds. The minimum atomic E-state index is 0.221. The van der Waals surface area contributed by atoms with Gasteiger partial charge in [-0.25, -0.2) is 0 Å².